The Morgan fingerprint density at radius 1 is 1.69 bits per heavy atom. The van der Waals surface area contributed by atoms with Crippen LogP contribution in [0.4, 0.5) is 0 Å². The molecule has 0 N–H and O–H groups in total. The molecule has 1 rings (SSSR count). The van der Waals surface area contributed by atoms with Crippen molar-refractivity contribution in [3.05, 3.63) is 23.8 Å². The molecule has 13 heavy (non-hydrogen) atoms. The molecule has 74 valence electrons. The Hall–Kier alpha value is 0.540. The molecule has 0 nitrogen and oxygen atoms in total. The maximum atomic E-state index is 6.10. The lowest BCUT2D eigenvalue weighted by Crippen LogP contribution is -2.34. The van der Waals surface area contributed by atoms with E-state index in [1.165, 1.54) is 0 Å². The lowest BCUT2D eigenvalue weighted by molar-refractivity contribution is 0.359. The zero-order chi connectivity index (χ0) is 10.1. The number of hydrogen-bond donors (Lipinski definition) is 0. The van der Waals surface area contributed by atoms with E-state index < -0.39 is 0 Å². The normalized spacial score (nSPS) is 41.4. The molecule has 0 amide bonds. The van der Waals surface area contributed by atoms with Crippen LogP contribution in [0.25, 0.3) is 0 Å². The standard InChI is InChI=1S/C10H13BrCl2/c1-7-6-10(2,3-4-12)9(11)5-8(7)13/h3-4,8-9H,1,5-6H2,2H3/b4-3+/t8-,9+,10+/m1/s1. The van der Waals surface area contributed by atoms with Gasteiger partial charge in [-0.05, 0) is 12.8 Å². The summed E-state index contributed by atoms with van der Waals surface area (Å²) in [7, 11) is 0. The third kappa shape index (κ3) is 2.51. The summed E-state index contributed by atoms with van der Waals surface area (Å²) in [6, 6.07) is 0. The Kier molecular flexibility index (Phi) is 3.91. The summed E-state index contributed by atoms with van der Waals surface area (Å²) >= 11 is 15.4. The van der Waals surface area contributed by atoms with Crippen molar-refractivity contribution in [2.45, 2.75) is 30.0 Å². The van der Waals surface area contributed by atoms with Crippen LogP contribution in [-0.2, 0) is 0 Å². The van der Waals surface area contributed by atoms with Gasteiger partial charge in [0, 0.05) is 15.8 Å². The maximum absolute atomic E-state index is 6.10. The van der Waals surface area contributed by atoms with Gasteiger partial charge in [-0.1, -0.05) is 52.7 Å². The van der Waals surface area contributed by atoms with Crippen LogP contribution in [0.2, 0.25) is 0 Å². The van der Waals surface area contributed by atoms with Crippen LogP contribution < -0.4 is 0 Å². The van der Waals surface area contributed by atoms with Crippen LogP contribution in [-0.4, -0.2) is 10.2 Å². The Morgan fingerprint density at radius 2 is 2.31 bits per heavy atom. The predicted octanol–water partition coefficient (Wildman–Crippen LogP) is 4.47. The van der Waals surface area contributed by atoms with Gasteiger partial charge in [-0.15, -0.1) is 11.6 Å². The van der Waals surface area contributed by atoms with Gasteiger partial charge >= 0.3 is 0 Å². The first-order chi connectivity index (χ1) is 5.99. The predicted molar refractivity (Wildman–Crippen MR) is 63.8 cm³/mol. The molecule has 0 saturated heterocycles. The number of allylic oxidation sites excluding steroid dienone is 2. The third-order valence-corrected chi connectivity index (χ3v) is 4.66. The minimum atomic E-state index is 0.0597. The molecule has 1 aliphatic rings. The van der Waals surface area contributed by atoms with Gasteiger partial charge in [0.2, 0.25) is 0 Å². The molecular weight excluding hydrogens is 271 g/mol. The highest BCUT2D eigenvalue weighted by molar-refractivity contribution is 9.09. The Labute approximate surface area is 98.1 Å². The van der Waals surface area contributed by atoms with E-state index in [9.17, 15) is 0 Å². The smallest absolute Gasteiger partial charge is 0.0553 e. The SMILES string of the molecule is C=C1C[C@](C)(/C=C/Cl)[C@@H](Br)C[C@H]1Cl. The van der Waals surface area contributed by atoms with E-state index in [0.29, 0.717) is 4.83 Å². The first-order valence-electron chi connectivity index (χ1n) is 4.23. The van der Waals surface area contributed by atoms with Crippen LogP contribution in [0.3, 0.4) is 0 Å². The average molecular weight is 284 g/mol. The highest BCUT2D eigenvalue weighted by atomic mass is 79.9. The van der Waals surface area contributed by atoms with Gasteiger partial charge in [-0.2, -0.15) is 0 Å². The molecule has 0 aromatic heterocycles. The zero-order valence-electron chi connectivity index (χ0n) is 7.56. The molecule has 0 aromatic carbocycles. The fourth-order valence-corrected chi connectivity index (χ4v) is 3.08. The molecule has 0 unspecified atom stereocenters. The van der Waals surface area contributed by atoms with E-state index in [-0.39, 0.29) is 10.8 Å². The molecule has 0 bridgehead atoms. The van der Waals surface area contributed by atoms with E-state index in [1.807, 2.05) is 6.08 Å². The summed E-state index contributed by atoms with van der Waals surface area (Å²) < 4.78 is 0. The first kappa shape index (κ1) is 11.6. The van der Waals surface area contributed by atoms with Gasteiger partial charge in [-0.3, -0.25) is 0 Å². The van der Waals surface area contributed by atoms with Gasteiger partial charge in [0.1, 0.15) is 0 Å². The lowest BCUT2D eigenvalue weighted by Gasteiger charge is -2.39. The molecule has 0 spiro atoms. The van der Waals surface area contributed by atoms with Crippen molar-refractivity contribution in [2.24, 2.45) is 5.41 Å². The van der Waals surface area contributed by atoms with Crippen molar-refractivity contribution < 1.29 is 0 Å². The Bertz CT molecular complexity index is 237. The molecule has 0 aliphatic heterocycles. The van der Waals surface area contributed by atoms with Crippen molar-refractivity contribution in [1.29, 1.82) is 0 Å². The fourth-order valence-electron chi connectivity index (χ4n) is 1.64. The molecule has 1 fully saturated rings. The summed E-state index contributed by atoms with van der Waals surface area (Å²) in [5, 5.41) is 0.0983. The van der Waals surface area contributed by atoms with Crippen LogP contribution in [0.5, 0.6) is 0 Å². The Balaban J connectivity index is 2.82. The summed E-state index contributed by atoms with van der Waals surface area (Å²) in [5.41, 5.74) is 2.75. The highest BCUT2D eigenvalue weighted by Crippen LogP contribution is 2.45. The van der Waals surface area contributed by atoms with Crippen molar-refractivity contribution >= 4 is 39.1 Å². The minimum Gasteiger partial charge on any atom is -0.118 e. The molecule has 1 aliphatic carbocycles. The van der Waals surface area contributed by atoms with Gasteiger partial charge in [0.15, 0.2) is 0 Å². The second-order valence-corrected chi connectivity index (χ2v) is 5.69. The van der Waals surface area contributed by atoms with Crippen molar-refractivity contribution in [2.75, 3.05) is 0 Å². The fraction of sp³-hybridized carbons (Fsp3) is 0.600. The largest absolute Gasteiger partial charge is 0.118 e. The van der Waals surface area contributed by atoms with Crippen LogP contribution in [0.1, 0.15) is 19.8 Å². The van der Waals surface area contributed by atoms with E-state index >= 15 is 0 Å². The number of alkyl halides is 2. The first-order valence-corrected chi connectivity index (χ1v) is 6.02. The molecule has 0 aromatic rings. The molecule has 0 radical (unpaired) electrons. The quantitative estimate of drug-likeness (QED) is 0.492. The minimum absolute atomic E-state index is 0.0597. The van der Waals surface area contributed by atoms with E-state index in [1.54, 1.807) is 5.54 Å². The molecule has 1 saturated carbocycles. The summed E-state index contributed by atoms with van der Waals surface area (Å²) in [6.07, 6.45) is 3.83. The Morgan fingerprint density at radius 3 is 2.85 bits per heavy atom. The van der Waals surface area contributed by atoms with Gasteiger partial charge in [0.05, 0.1) is 5.38 Å². The van der Waals surface area contributed by atoms with Gasteiger partial charge < -0.3 is 0 Å². The maximum Gasteiger partial charge on any atom is 0.0553 e. The zero-order valence-corrected chi connectivity index (χ0v) is 10.7. The van der Waals surface area contributed by atoms with Crippen molar-refractivity contribution in [3.8, 4) is 0 Å². The number of hydrogen-bond acceptors (Lipinski definition) is 0. The van der Waals surface area contributed by atoms with Crippen molar-refractivity contribution in [3.63, 3.8) is 0 Å². The van der Waals surface area contributed by atoms with Gasteiger partial charge in [-0.25, -0.2) is 0 Å². The van der Waals surface area contributed by atoms with Crippen LogP contribution >= 0.6 is 39.1 Å². The molecule has 0 heterocycles. The summed E-state index contributed by atoms with van der Waals surface area (Å²) in [4.78, 5) is 0.378. The molecule has 3 heteroatoms. The number of rotatable bonds is 1. The van der Waals surface area contributed by atoms with E-state index in [0.717, 1.165) is 18.4 Å². The second-order valence-electron chi connectivity index (χ2n) is 3.80. The van der Waals surface area contributed by atoms with Crippen LogP contribution in [0, 0.1) is 5.41 Å². The van der Waals surface area contributed by atoms with E-state index in [2.05, 4.69) is 29.4 Å². The van der Waals surface area contributed by atoms with E-state index in [4.69, 9.17) is 23.2 Å². The monoisotopic (exact) mass is 282 g/mol. The van der Waals surface area contributed by atoms with Gasteiger partial charge in [0.25, 0.3) is 0 Å². The molecular formula is C10H13BrCl2. The second kappa shape index (κ2) is 4.37. The highest BCUT2D eigenvalue weighted by Gasteiger charge is 2.37. The number of halogens is 3. The summed E-state index contributed by atoms with van der Waals surface area (Å²) in [5.74, 6) is 0. The molecule has 3 atom stereocenters. The topological polar surface area (TPSA) is 0 Å². The lowest BCUT2D eigenvalue weighted by atomic mass is 9.74. The average Bonchev–Trinajstić information content (AvgIpc) is 2.02. The third-order valence-electron chi connectivity index (χ3n) is 2.62. The summed E-state index contributed by atoms with van der Waals surface area (Å²) in [6.45, 7) is 6.14. The van der Waals surface area contributed by atoms with Crippen LogP contribution in [0.15, 0.2) is 23.8 Å². The van der Waals surface area contributed by atoms with Crippen molar-refractivity contribution in [1.82, 2.24) is 0 Å².